The number of amides is 1. The van der Waals surface area contributed by atoms with Gasteiger partial charge in [-0.05, 0) is 43.0 Å². The lowest BCUT2D eigenvalue weighted by Crippen LogP contribution is -2.29. The predicted molar refractivity (Wildman–Crippen MR) is 124 cm³/mol. The maximum absolute atomic E-state index is 12.5. The Bertz CT molecular complexity index is 1110. The van der Waals surface area contributed by atoms with Crippen LogP contribution in [0.1, 0.15) is 19.4 Å². The average Bonchev–Trinajstić information content (AvgIpc) is 3.43. The second-order valence-corrected chi connectivity index (χ2v) is 9.00. The minimum Gasteiger partial charge on any atom is -0.325 e. The number of thioether (sulfide) groups is 1. The highest BCUT2D eigenvalue weighted by atomic mass is 32.2. The van der Waals surface area contributed by atoms with Gasteiger partial charge in [0, 0.05) is 16.6 Å². The standard InChI is InChI=1S/C23H22N4OS2/c1-23(2,18-9-5-3-6-10-18)27-21(17-13-14-29-15-17)25-26-22(27)30-16-20(28)24-19-11-7-4-8-12-19/h3-15H,16H2,1-2H3,(H,24,28). The molecule has 1 amide bonds. The van der Waals surface area contributed by atoms with E-state index in [-0.39, 0.29) is 17.2 Å². The van der Waals surface area contributed by atoms with Crippen LogP contribution in [-0.4, -0.2) is 26.4 Å². The lowest BCUT2D eigenvalue weighted by atomic mass is 9.93. The summed E-state index contributed by atoms with van der Waals surface area (Å²) in [7, 11) is 0. The van der Waals surface area contributed by atoms with Crippen molar-refractivity contribution in [2.75, 3.05) is 11.1 Å². The van der Waals surface area contributed by atoms with E-state index >= 15 is 0 Å². The maximum Gasteiger partial charge on any atom is 0.234 e. The Labute approximate surface area is 184 Å². The molecule has 0 fully saturated rings. The second kappa shape index (κ2) is 8.85. The Kier molecular flexibility index (Phi) is 6.01. The molecule has 7 heteroatoms. The molecule has 30 heavy (non-hydrogen) atoms. The zero-order valence-corrected chi connectivity index (χ0v) is 18.4. The fourth-order valence-corrected chi connectivity index (χ4v) is 4.78. The van der Waals surface area contributed by atoms with Crippen molar-refractivity contribution in [2.45, 2.75) is 24.5 Å². The van der Waals surface area contributed by atoms with Crippen molar-refractivity contribution in [2.24, 2.45) is 0 Å². The monoisotopic (exact) mass is 434 g/mol. The van der Waals surface area contributed by atoms with E-state index in [2.05, 4.69) is 51.4 Å². The van der Waals surface area contributed by atoms with Gasteiger partial charge < -0.3 is 5.32 Å². The molecule has 2 heterocycles. The zero-order valence-electron chi connectivity index (χ0n) is 16.8. The largest absolute Gasteiger partial charge is 0.325 e. The number of para-hydroxylation sites is 1. The number of benzene rings is 2. The van der Waals surface area contributed by atoms with Gasteiger partial charge in [-0.1, -0.05) is 60.3 Å². The molecular formula is C23H22N4OS2. The Hall–Kier alpha value is -2.90. The van der Waals surface area contributed by atoms with Gasteiger partial charge in [0.25, 0.3) is 0 Å². The zero-order chi connectivity index (χ0) is 21.0. The lowest BCUT2D eigenvalue weighted by molar-refractivity contribution is -0.113. The van der Waals surface area contributed by atoms with Crippen molar-refractivity contribution >= 4 is 34.7 Å². The van der Waals surface area contributed by atoms with Gasteiger partial charge in [-0.3, -0.25) is 9.36 Å². The van der Waals surface area contributed by atoms with Crippen molar-refractivity contribution in [3.05, 3.63) is 83.1 Å². The van der Waals surface area contributed by atoms with Crippen LogP contribution in [0, 0.1) is 0 Å². The second-order valence-electron chi connectivity index (χ2n) is 7.28. The van der Waals surface area contributed by atoms with E-state index in [4.69, 9.17) is 0 Å². The van der Waals surface area contributed by atoms with E-state index in [0.29, 0.717) is 5.16 Å². The summed E-state index contributed by atoms with van der Waals surface area (Å²) in [6, 6.07) is 21.8. The highest BCUT2D eigenvalue weighted by molar-refractivity contribution is 7.99. The third kappa shape index (κ3) is 4.32. The number of rotatable bonds is 7. The molecule has 0 unspecified atom stereocenters. The summed E-state index contributed by atoms with van der Waals surface area (Å²) in [5, 5.41) is 16.7. The quantitative estimate of drug-likeness (QED) is 0.389. The molecule has 4 aromatic rings. The molecule has 2 aromatic carbocycles. The van der Waals surface area contributed by atoms with Crippen LogP contribution in [-0.2, 0) is 10.3 Å². The van der Waals surface area contributed by atoms with Crippen LogP contribution in [0.3, 0.4) is 0 Å². The number of hydrogen-bond donors (Lipinski definition) is 1. The van der Waals surface area contributed by atoms with Crippen molar-refractivity contribution in [1.29, 1.82) is 0 Å². The molecular weight excluding hydrogens is 412 g/mol. The molecule has 4 rings (SSSR count). The summed E-state index contributed by atoms with van der Waals surface area (Å²) in [4.78, 5) is 12.5. The van der Waals surface area contributed by atoms with E-state index in [9.17, 15) is 4.79 Å². The van der Waals surface area contributed by atoms with E-state index in [1.54, 1.807) is 11.3 Å². The summed E-state index contributed by atoms with van der Waals surface area (Å²) >= 11 is 3.02. The highest BCUT2D eigenvalue weighted by Gasteiger charge is 2.30. The van der Waals surface area contributed by atoms with E-state index < -0.39 is 0 Å². The van der Waals surface area contributed by atoms with E-state index in [0.717, 1.165) is 22.6 Å². The van der Waals surface area contributed by atoms with Crippen LogP contribution in [0.5, 0.6) is 0 Å². The summed E-state index contributed by atoms with van der Waals surface area (Å²) in [5.74, 6) is 0.980. The molecule has 152 valence electrons. The van der Waals surface area contributed by atoms with Crippen LogP contribution in [0.2, 0.25) is 0 Å². The Balaban J connectivity index is 1.63. The van der Waals surface area contributed by atoms with Gasteiger partial charge in [0.1, 0.15) is 0 Å². The van der Waals surface area contributed by atoms with Gasteiger partial charge in [-0.15, -0.1) is 10.2 Å². The minimum atomic E-state index is -0.389. The lowest BCUT2D eigenvalue weighted by Gasteiger charge is -2.30. The number of anilines is 1. The molecule has 0 aliphatic carbocycles. The van der Waals surface area contributed by atoms with E-state index in [1.807, 2.05) is 60.0 Å². The van der Waals surface area contributed by atoms with Crippen molar-refractivity contribution in [3.63, 3.8) is 0 Å². The SMILES string of the molecule is CC(C)(c1ccccc1)n1c(SCC(=O)Nc2ccccc2)nnc1-c1ccsc1. The molecule has 0 atom stereocenters. The first-order chi connectivity index (χ1) is 14.6. The molecule has 1 N–H and O–H groups in total. The number of aromatic nitrogens is 3. The average molecular weight is 435 g/mol. The van der Waals surface area contributed by atoms with E-state index in [1.165, 1.54) is 11.8 Å². The highest BCUT2D eigenvalue weighted by Crippen LogP contribution is 2.35. The van der Waals surface area contributed by atoms with Gasteiger partial charge in [0.05, 0.1) is 11.3 Å². The molecule has 5 nitrogen and oxygen atoms in total. The fraction of sp³-hybridized carbons (Fsp3) is 0.174. The van der Waals surface area contributed by atoms with Gasteiger partial charge in [-0.2, -0.15) is 11.3 Å². The smallest absolute Gasteiger partial charge is 0.234 e. The van der Waals surface area contributed by atoms with Crippen molar-refractivity contribution in [3.8, 4) is 11.4 Å². The third-order valence-corrected chi connectivity index (χ3v) is 6.45. The molecule has 0 aliphatic rings. The van der Waals surface area contributed by atoms with Crippen LogP contribution >= 0.6 is 23.1 Å². The summed E-state index contributed by atoms with van der Waals surface area (Å²) in [6.45, 7) is 4.30. The number of nitrogens with one attached hydrogen (secondary N) is 1. The fourth-order valence-electron chi connectivity index (χ4n) is 3.27. The molecule has 0 spiro atoms. The molecule has 0 saturated heterocycles. The summed E-state index contributed by atoms with van der Waals surface area (Å²) < 4.78 is 2.13. The molecule has 0 saturated carbocycles. The van der Waals surface area contributed by atoms with Crippen LogP contribution in [0.25, 0.3) is 11.4 Å². The minimum absolute atomic E-state index is 0.0737. The number of hydrogen-bond acceptors (Lipinski definition) is 5. The van der Waals surface area contributed by atoms with Gasteiger partial charge in [-0.25, -0.2) is 0 Å². The number of carbonyl (C=O) groups is 1. The van der Waals surface area contributed by atoms with Gasteiger partial charge in [0.15, 0.2) is 11.0 Å². The first-order valence-corrected chi connectivity index (χ1v) is 11.5. The first kappa shape index (κ1) is 20.4. The Morgan fingerprint density at radius 1 is 1.03 bits per heavy atom. The van der Waals surface area contributed by atoms with Gasteiger partial charge >= 0.3 is 0 Å². The number of carbonyl (C=O) groups excluding carboxylic acids is 1. The van der Waals surface area contributed by atoms with Crippen LogP contribution in [0.4, 0.5) is 5.69 Å². The molecule has 0 bridgehead atoms. The third-order valence-electron chi connectivity index (χ3n) is 4.84. The van der Waals surface area contributed by atoms with Crippen molar-refractivity contribution in [1.82, 2.24) is 14.8 Å². The first-order valence-electron chi connectivity index (χ1n) is 9.57. The Morgan fingerprint density at radius 2 is 1.73 bits per heavy atom. The number of thiophene rings is 1. The summed E-state index contributed by atoms with van der Waals surface area (Å²) in [5.41, 5.74) is 2.57. The van der Waals surface area contributed by atoms with Crippen molar-refractivity contribution < 1.29 is 4.79 Å². The maximum atomic E-state index is 12.5. The summed E-state index contributed by atoms with van der Waals surface area (Å²) in [6.07, 6.45) is 0. The predicted octanol–water partition coefficient (Wildman–Crippen LogP) is 5.52. The molecule has 0 aliphatic heterocycles. The normalized spacial score (nSPS) is 11.4. The molecule has 2 aromatic heterocycles. The van der Waals surface area contributed by atoms with Crippen LogP contribution in [0.15, 0.2) is 82.6 Å². The van der Waals surface area contributed by atoms with Crippen LogP contribution < -0.4 is 5.32 Å². The number of nitrogens with zero attached hydrogens (tertiary/aromatic N) is 3. The van der Waals surface area contributed by atoms with Gasteiger partial charge in [0.2, 0.25) is 5.91 Å². The Morgan fingerprint density at radius 3 is 2.40 bits per heavy atom. The molecule has 0 radical (unpaired) electrons. The topological polar surface area (TPSA) is 59.8 Å².